The van der Waals surface area contributed by atoms with Crippen molar-refractivity contribution in [1.29, 1.82) is 0 Å². The average molecular weight is 790 g/mol. The van der Waals surface area contributed by atoms with Crippen LogP contribution in [0.25, 0.3) is 11.1 Å². The molecule has 0 spiro atoms. The van der Waals surface area contributed by atoms with E-state index in [4.69, 9.17) is 38.2 Å². The Hall–Kier alpha value is -3.37. The summed E-state index contributed by atoms with van der Waals surface area (Å²) in [7, 11) is 1.47. The summed E-state index contributed by atoms with van der Waals surface area (Å²) in [6.45, 7) is -1.25. The zero-order chi connectivity index (χ0) is 39.0. The van der Waals surface area contributed by atoms with E-state index in [-0.39, 0.29) is 31.3 Å². The first kappa shape index (κ1) is 41.8. The minimum Gasteiger partial charge on any atom is -0.490 e. The molecule has 2 aliphatic carbocycles. The Bertz CT molecular complexity index is 1740. The van der Waals surface area contributed by atoms with Crippen molar-refractivity contribution in [3.63, 3.8) is 0 Å². The fraction of sp³-hybridized carbons (Fsp3) is 0.513. The summed E-state index contributed by atoms with van der Waals surface area (Å²) in [5.41, 5.74) is 4.65. The highest BCUT2D eigenvalue weighted by molar-refractivity contribution is 6.34. The smallest absolute Gasteiger partial charge is 0.317 e. The largest absolute Gasteiger partial charge is 0.490 e. The molecule has 7 N–H and O–H groups in total. The minimum absolute atomic E-state index is 0.144. The number of pyridine rings is 1. The highest BCUT2D eigenvalue weighted by Crippen LogP contribution is 2.50. The van der Waals surface area contributed by atoms with E-state index in [9.17, 15) is 30.0 Å². The third-order valence-corrected chi connectivity index (χ3v) is 10.6. The molecular weight excluding hydrogens is 739 g/mol. The second kappa shape index (κ2) is 19.0. The Morgan fingerprint density at radius 3 is 2.33 bits per heavy atom. The van der Waals surface area contributed by atoms with Gasteiger partial charge in [0, 0.05) is 53.2 Å². The quantitative estimate of drug-likeness (QED) is 0.0737. The van der Waals surface area contributed by atoms with E-state index >= 15 is 0 Å². The molecule has 4 atom stereocenters. The summed E-state index contributed by atoms with van der Waals surface area (Å²) in [5.74, 6) is -0.734. The number of rotatable bonds is 22. The van der Waals surface area contributed by atoms with Gasteiger partial charge in [0.05, 0.1) is 25.8 Å². The van der Waals surface area contributed by atoms with Crippen LogP contribution in [0.2, 0.25) is 10.0 Å². The van der Waals surface area contributed by atoms with Gasteiger partial charge in [0.2, 0.25) is 5.91 Å². The highest BCUT2D eigenvalue weighted by atomic mass is 35.5. The Morgan fingerprint density at radius 1 is 0.963 bits per heavy atom. The van der Waals surface area contributed by atoms with Gasteiger partial charge >= 0.3 is 5.97 Å². The Kier molecular flexibility index (Phi) is 14.7. The second-order valence-corrected chi connectivity index (χ2v) is 15.2. The third kappa shape index (κ3) is 11.1. The van der Waals surface area contributed by atoms with Gasteiger partial charge < -0.3 is 45.6 Å². The number of unbranched alkanes of at least 4 members (excludes halogenated alkanes) is 1. The van der Waals surface area contributed by atoms with Crippen molar-refractivity contribution >= 4 is 35.1 Å². The number of benzene rings is 2. The first-order valence-corrected chi connectivity index (χ1v) is 19.0. The van der Waals surface area contributed by atoms with Crippen LogP contribution in [0.3, 0.4) is 0 Å². The van der Waals surface area contributed by atoms with Crippen molar-refractivity contribution in [2.75, 3.05) is 39.8 Å². The van der Waals surface area contributed by atoms with Crippen LogP contribution < -0.4 is 10.1 Å². The van der Waals surface area contributed by atoms with Crippen molar-refractivity contribution in [2.24, 2.45) is 0 Å². The van der Waals surface area contributed by atoms with Crippen LogP contribution in [-0.2, 0) is 28.1 Å². The number of aliphatic carboxylic acids is 1. The molecule has 1 heterocycles. The van der Waals surface area contributed by atoms with E-state index in [0.29, 0.717) is 35.9 Å². The molecule has 0 saturated heterocycles. The number of aromatic nitrogens is 1. The summed E-state index contributed by atoms with van der Waals surface area (Å²) >= 11 is 13.6. The summed E-state index contributed by atoms with van der Waals surface area (Å²) in [6.07, 6.45) is 2.57. The van der Waals surface area contributed by atoms with Crippen LogP contribution in [0.15, 0.2) is 54.9 Å². The molecule has 294 valence electrons. The number of aliphatic hydroxyl groups excluding tert-OH is 5. The number of hydrogen-bond donors (Lipinski definition) is 7. The summed E-state index contributed by atoms with van der Waals surface area (Å²) in [5, 5.41) is 63.7. The Labute approximate surface area is 325 Å². The molecule has 2 fully saturated rings. The molecule has 0 aliphatic heterocycles. The van der Waals surface area contributed by atoms with Gasteiger partial charge in [-0.1, -0.05) is 41.4 Å². The molecule has 13 nitrogen and oxygen atoms in total. The lowest BCUT2D eigenvalue weighted by molar-refractivity contribution is -0.142. The van der Waals surface area contributed by atoms with E-state index in [2.05, 4.69) is 16.4 Å². The van der Waals surface area contributed by atoms with E-state index in [1.807, 2.05) is 42.6 Å². The van der Waals surface area contributed by atoms with Crippen molar-refractivity contribution in [3.8, 4) is 16.9 Å². The number of ether oxygens (including phenoxy) is 1. The number of carbonyl (C=O) groups excluding carboxylic acids is 1. The third-order valence-electron chi connectivity index (χ3n) is 9.93. The number of aliphatic hydroxyl groups is 5. The number of halogens is 2. The molecule has 15 heteroatoms. The maximum atomic E-state index is 13.1. The number of carboxylic acid groups (broad SMARTS) is 1. The van der Waals surface area contributed by atoms with Crippen LogP contribution in [-0.4, -0.2) is 128 Å². The predicted octanol–water partition coefficient (Wildman–Crippen LogP) is 2.98. The first-order chi connectivity index (χ1) is 25.8. The summed E-state index contributed by atoms with van der Waals surface area (Å²) in [4.78, 5) is 31.3. The molecule has 0 radical (unpaired) electrons. The molecule has 0 unspecified atom stereocenters. The van der Waals surface area contributed by atoms with Crippen LogP contribution in [0, 0.1) is 0 Å². The van der Waals surface area contributed by atoms with E-state index in [0.717, 1.165) is 59.3 Å². The minimum atomic E-state index is -1.85. The van der Waals surface area contributed by atoms with Crippen LogP contribution in [0.4, 0.5) is 0 Å². The zero-order valence-electron chi connectivity index (χ0n) is 30.3. The molecule has 0 bridgehead atoms. The molecule has 1 amide bonds. The van der Waals surface area contributed by atoms with Crippen LogP contribution in [0.1, 0.15) is 55.2 Å². The number of carbonyl (C=O) groups is 2. The fourth-order valence-electron chi connectivity index (χ4n) is 6.51. The van der Waals surface area contributed by atoms with Crippen LogP contribution in [0.5, 0.6) is 5.75 Å². The van der Waals surface area contributed by atoms with Gasteiger partial charge in [-0.2, -0.15) is 0 Å². The maximum absolute atomic E-state index is 13.1. The van der Waals surface area contributed by atoms with Gasteiger partial charge in [-0.3, -0.25) is 19.5 Å². The number of amides is 1. The number of aryl methyl sites for hydroxylation is 1. The van der Waals surface area contributed by atoms with Crippen molar-refractivity contribution in [1.82, 2.24) is 20.1 Å². The number of likely N-dealkylation sites (N-methyl/N-ethyl adjacent to an activating group) is 1. The first-order valence-electron chi connectivity index (χ1n) is 18.3. The maximum Gasteiger partial charge on any atom is 0.317 e. The van der Waals surface area contributed by atoms with Gasteiger partial charge in [-0.05, 0) is 98.5 Å². The van der Waals surface area contributed by atoms with Gasteiger partial charge in [0.1, 0.15) is 30.2 Å². The topological polar surface area (TPSA) is 196 Å². The number of nitrogens with zero attached hydrogens (tertiary/aromatic N) is 3. The second-order valence-electron chi connectivity index (χ2n) is 14.4. The molecule has 54 heavy (non-hydrogen) atoms. The Balaban J connectivity index is 1.19. The summed E-state index contributed by atoms with van der Waals surface area (Å²) in [6, 6.07) is 13.9. The number of carboxylic acids is 1. The molecule has 2 aliphatic rings. The lowest BCUT2D eigenvalue weighted by Gasteiger charge is -2.31. The SMILES string of the molecule is CN(CC(=O)O)CC(=O)N(CCCCc1cc(Cl)c(CNC2(c3cnccc3-c3ccccc3OC3CC3)CC2)cc1Cl)C[C@H](O)[C@@H](O)[C@H](O)[C@H](O)CO. The summed E-state index contributed by atoms with van der Waals surface area (Å²) < 4.78 is 6.24. The van der Waals surface area contributed by atoms with Gasteiger partial charge in [-0.25, -0.2) is 0 Å². The van der Waals surface area contributed by atoms with Gasteiger partial charge in [0.15, 0.2) is 0 Å². The number of para-hydroxylation sites is 1. The predicted molar refractivity (Wildman–Crippen MR) is 203 cm³/mol. The van der Waals surface area contributed by atoms with Crippen molar-refractivity contribution in [3.05, 3.63) is 81.6 Å². The monoisotopic (exact) mass is 788 g/mol. The van der Waals surface area contributed by atoms with E-state index < -0.39 is 49.4 Å². The van der Waals surface area contributed by atoms with E-state index in [1.54, 1.807) is 6.20 Å². The normalized spacial score (nSPS) is 17.1. The molecular formula is C39H50Cl2N4O9. The molecule has 1 aromatic heterocycles. The molecule has 2 saturated carbocycles. The molecule has 5 rings (SSSR count). The Morgan fingerprint density at radius 2 is 1.65 bits per heavy atom. The fourth-order valence-corrected chi connectivity index (χ4v) is 7.04. The van der Waals surface area contributed by atoms with Crippen molar-refractivity contribution < 1.29 is 45.0 Å². The lowest BCUT2D eigenvalue weighted by Crippen LogP contribution is -2.52. The molecule has 3 aromatic rings. The highest BCUT2D eigenvalue weighted by Gasteiger charge is 2.46. The zero-order valence-corrected chi connectivity index (χ0v) is 31.8. The van der Waals surface area contributed by atoms with Crippen LogP contribution >= 0.6 is 23.2 Å². The average Bonchev–Trinajstić information content (AvgIpc) is 4.10. The van der Waals surface area contributed by atoms with Gasteiger partial charge in [-0.15, -0.1) is 0 Å². The number of nitrogens with one attached hydrogen (secondary N) is 1. The standard InChI is InChI=1S/C39H50Cl2N4O9/c1-44(22-36(50)51)21-35(49)45(20-32(47)37(52)38(53)33(48)23-46)15-5-4-6-24-16-31(41)25(17-30(24)40)18-43-39(12-13-39)29-19-42-14-11-27(29)28-7-2-3-8-34(28)54-26-9-10-26/h2-3,7-8,11,14,16-17,19,26,32-33,37-38,43,46-48,52-53H,4-6,9-10,12-13,15,18,20-23H2,1H3,(H,50,51)/t32-,33+,37+,38+/m0/s1. The lowest BCUT2D eigenvalue weighted by atomic mass is 9.94. The molecule has 2 aromatic carbocycles. The number of hydrogen-bond acceptors (Lipinski definition) is 11. The van der Waals surface area contributed by atoms with Gasteiger partial charge in [0.25, 0.3) is 0 Å². The van der Waals surface area contributed by atoms with E-state index in [1.165, 1.54) is 16.8 Å². The van der Waals surface area contributed by atoms with Crippen molar-refractivity contribution in [2.45, 2.75) is 87.5 Å².